The van der Waals surface area contributed by atoms with Crippen LogP contribution in [0.25, 0.3) is 21.7 Å². The van der Waals surface area contributed by atoms with Crippen LogP contribution in [-0.4, -0.2) is 36.1 Å². The SMILES string of the molecule is COC(=O)c1ccc2c(c1)nc(NCCc1ccc(CCN)cc1)c1ccncc12. The number of benzene rings is 2. The topological polar surface area (TPSA) is 90.1 Å². The molecule has 0 unspecified atom stereocenters. The number of rotatable bonds is 7. The van der Waals surface area contributed by atoms with Crippen LogP contribution in [-0.2, 0) is 17.6 Å². The Balaban J connectivity index is 1.60. The molecule has 0 aliphatic rings. The Labute approximate surface area is 175 Å². The van der Waals surface area contributed by atoms with Crippen LogP contribution in [0.1, 0.15) is 21.5 Å². The lowest BCUT2D eigenvalue weighted by Crippen LogP contribution is -2.08. The van der Waals surface area contributed by atoms with Gasteiger partial charge in [0, 0.05) is 35.1 Å². The highest BCUT2D eigenvalue weighted by Crippen LogP contribution is 2.29. The maximum atomic E-state index is 11.9. The molecule has 4 rings (SSSR count). The number of carbonyl (C=O) groups is 1. The van der Waals surface area contributed by atoms with Crippen LogP contribution < -0.4 is 11.1 Å². The molecule has 0 saturated carbocycles. The van der Waals surface area contributed by atoms with Crippen LogP contribution in [0.4, 0.5) is 5.82 Å². The summed E-state index contributed by atoms with van der Waals surface area (Å²) in [5, 5.41) is 6.40. The first-order valence-electron chi connectivity index (χ1n) is 9.97. The van der Waals surface area contributed by atoms with E-state index in [9.17, 15) is 4.79 Å². The van der Waals surface area contributed by atoms with Crippen molar-refractivity contribution in [2.75, 3.05) is 25.5 Å². The highest BCUT2D eigenvalue weighted by atomic mass is 16.5. The molecule has 2 heterocycles. The molecule has 0 bridgehead atoms. The van der Waals surface area contributed by atoms with Crippen molar-refractivity contribution >= 4 is 33.5 Å². The first-order chi connectivity index (χ1) is 14.7. The number of nitrogens with two attached hydrogens (primary N) is 1. The van der Waals surface area contributed by atoms with E-state index in [1.807, 2.05) is 18.3 Å². The number of esters is 1. The predicted octanol–water partition coefficient (Wildman–Crippen LogP) is 3.73. The summed E-state index contributed by atoms with van der Waals surface area (Å²) < 4.78 is 4.84. The van der Waals surface area contributed by atoms with E-state index < -0.39 is 0 Å². The second kappa shape index (κ2) is 8.88. The number of nitrogens with zero attached hydrogens (tertiary/aromatic N) is 2. The van der Waals surface area contributed by atoms with Gasteiger partial charge in [-0.2, -0.15) is 0 Å². The summed E-state index contributed by atoms with van der Waals surface area (Å²) in [6.45, 7) is 1.40. The summed E-state index contributed by atoms with van der Waals surface area (Å²) in [6.07, 6.45) is 5.36. The number of anilines is 1. The number of ether oxygens (including phenoxy) is 1. The largest absolute Gasteiger partial charge is 0.465 e. The Morgan fingerprint density at radius 1 is 1.00 bits per heavy atom. The first kappa shape index (κ1) is 19.8. The number of pyridine rings is 2. The van der Waals surface area contributed by atoms with Gasteiger partial charge in [0.25, 0.3) is 0 Å². The second-order valence-corrected chi connectivity index (χ2v) is 7.14. The maximum Gasteiger partial charge on any atom is 0.337 e. The fraction of sp³-hybridized carbons (Fsp3) is 0.208. The molecule has 2 aromatic carbocycles. The van der Waals surface area contributed by atoms with Gasteiger partial charge >= 0.3 is 5.97 Å². The zero-order chi connectivity index (χ0) is 20.9. The van der Waals surface area contributed by atoms with E-state index >= 15 is 0 Å². The van der Waals surface area contributed by atoms with E-state index in [1.54, 1.807) is 18.3 Å². The minimum Gasteiger partial charge on any atom is -0.465 e. The van der Waals surface area contributed by atoms with Gasteiger partial charge in [0.15, 0.2) is 0 Å². The Hall–Kier alpha value is -3.51. The maximum absolute atomic E-state index is 11.9. The summed E-state index contributed by atoms with van der Waals surface area (Å²) in [7, 11) is 1.37. The van der Waals surface area contributed by atoms with Crippen molar-refractivity contribution in [2.24, 2.45) is 5.73 Å². The van der Waals surface area contributed by atoms with Crippen molar-refractivity contribution in [3.05, 3.63) is 77.6 Å². The molecule has 0 aliphatic carbocycles. The van der Waals surface area contributed by atoms with Gasteiger partial charge in [-0.15, -0.1) is 0 Å². The lowest BCUT2D eigenvalue weighted by Gasteiger charge is -2.12. The Morgan fingerprint density at radius 3 is 2.50 bits per heavy atom. The minimum absolute atomic E-state index is 0.377. The fourth-order valence-corrected chi connectivity index (χ4v) is 3.59. The molecule has 0 saturated heterocycles. The van der Waals surface area contributed by atoms with Gasteiger partial charge in [0.1, 0.15) is 5.82 Å². The normalized spacial score (nSPS) is 11.0. The van der Waals surface area contributed by atoms with Gasteiger partial charge in [-0.25, -0.2) is 9.78 Å². The molecule has 3 N–H and O–H groups in total. The molecule has 2 aromatic heterocycles. The monoisotopic (exact) mass is 400 g/mol. The van der Waals surface area contributed by atoms with E-state index in [0.29, 0.717) is 12.1 Å². The summed E-state index contributed by atoms with van der Waals surface area (Å²) in [4.78, 5) is 21.0. The predicted molar refractivity (Wildman–Crippen MR) is 120 cm³/mol. The molecule has 6 heteroatoms. The van der Waals surface area contributed by atoms with Gasteiger partial charge < -0.3 is 15.8 Å². The molecular weight excluding hydrogens is 376 g/mol. The molecule has 0 aliphatic heterocycles. The summed E-state index contributed by atoms with van der Waals surface area (Å²) in [6, 6.07) is 15.9. The smallest absolute Gasteiger partial charge is 0.337 e. The highest BCUT2D eigenvalue weighted by Gasteiger charge is 2.12. The van der Waals surface area contributed by atoms with Crippen LogP contribution in [0, 0.1) is 0 Å². The lowest BCUT2D eigenvalue weighted by molar-refractivity contribution is 0.0601. The van der Waals surface area contributed by atoms with Crippen molar-refractivity contribution < 1.29 is 9.53 Å². The molecule has 0 fully saturated rings. The Morgan fingerprint density at radius 2 is 1.77 bits per heavy atom. The number of hydrogen-bond acceptors (Lipinski definition) is 6. The molecule has 4 aromatic rings. The molecule has 0 spiro atoms. The standard InChI is InChI=1S/C24H24N4O2/c1-30-24(29)18-6-7-19-21-15-26-12-10-20(21)23(28-22(19)14-18)27-13-9-17-4-2-16(3-5-17)8-11-25/h2-7,10,12,14-15H,8-9,11,13,25H2,1H3,(H,27,28). The van der Waals surface area contributed by atoms with Crippen LogP contribution >= 0.6 is 0 Å². The van der Waals surface area contributed by atoms with Crippen molar-refractivity contribution in [1.29, 1.82) is 0 Å². The minimum atomic E-state index is -0.377. The van der Waals surface area contributed by atoms with E-state index in [-0.39, 0.29) is 5.97 Å². The van der Waals surface area contributed by atoms with Gasteiger partial charge in [0.2, 0.25) is 0 Å². The number of fused-ring (bicyclic) bond motifs is 3. The van der Waals surface area contributed by atoms with Gasteiger partial charge in [0.05, 0.1) is 18.2 Å². The Kier molecular flexibility index (Phi) is 5.86. The van der Waals surface area contributed by atoms with Gasteiger partial charge in [-0.3, -0.25) is 4.98 Å². The van der Waals surface area contributed by atoms with Crippen LogP contribution in [0.3, 0.4) is 0 Å². The average molecular weight is 400 g/mol. The van der Waals surface area contributed by atoms with Crippen molar-refractivity contribution in [3.8, 4) is 0 Å². The van der Waals surface area contributed by atoms with E-state index in [4.69, 9.17) is 15.5 Å². The van der Waals surface area contributed by atoms with E-state index in [1.165, 1.54) is 18.2 Å². The summed E-state index contributed by atoms with van der Waals surface area (Å²) in [5.41, 5.74) is 9.33. The van der Waals surface area contributed by atoms with Crippen molar-refractivity contribution in [3.63, 3.8) is 0 Å². The number of nitrogens with one attached hydrogen (secondary N) is 1. The van der Waals surface area contributed by atoms with Crippen molar-refractivity contribution in [2.45, 2.75) is 12.8 Å². The van der Waals surface area contributed by atoms with Crippen molar-refractivity contribution in [1.82, 2.24) is 9.97 Å². The number of methoxy groups -OCH3 is 1. The van der Waals surface area contributed by atoms with Crippen LogP contribution in [0.5, 0.6) is 0 Å². The molecule has 0 atom stereocenters. The third-order valence-corrected chi connectivity index (χ3v) is 5.18. The number of aromatic nitrogens is 2. The average Bonchev–Trinajstić information content (AvgIpc) is 2.79. The van der Waals surface area contributed by atoms with Gasteiger partial charge in [-0.1, -0.05) is 30.3 Å². The number of hydrogen-bond donors (Lipinski definition) is 2. The van der Waals surface area contributed by atoms with Crippen LogP contribution in [0.2, 0.25) is 0 Å². The number of carbonyl (C=O) groups excluding carboxylic acids is 1. The molecule has 0 radical (unpaired) electrons. The molecule has 30 heavy (non-hydrogen) atoms. The molecule has 152 valence electrons. The van der Waals surface area contributed by atoms with Gasteiger partial charge in [-0.05, 0) is 48.7 Å². The zero-order valence-corrected chi connectivity index (χ0v) is 16.9. The summed E-state index contributed by atoms with van der Waals surface area (Å²) >= 11 is 0. The summed E-state index contributed by atoms with van der Waals surface area (Å²) in [5.74, 6) is 0.402. The Bertz CT molecular complexity index is 1190. The van der Waals surface area contributed by atoms with E-state index in [0.717, 1.165) is 46.9 Å². The molecule has 0 amide bonds. The zero-order valence-electron chi connectivity index (χ0n) is 16.9. The van der Waals surface area contributed by atoms with E-state index in [2.05, 4.69) is 34.6 Å². The fourth-order valence-electron chi connectivity index (χ4n) is 3.59. The lowest BCUT2D eigenvalue weighted by atomic mass is 10.1. The first-order valence-corrected chi connectivity index (χ1v) is 9.97. The second-order valence-electron chi connectivity index (χ2n) is 7.14. The quantitative estimate of drug-likeness (QED) is 0.363. The van der Waals surface area contributed by atoms with Crippen LogP contribution in [0.15, 0.2) is 60.9 Å². The highest BCUT2D eigenvalue weighted by molar-refractivity contribution is 6.10. The molecular formula is C24H24N4O2. The molecule has 6 nitrogen and oxygen atoms in total. The third kappa shape index (κ3) is 4.09. The third-order valence-electron chi connectivity index (χ3n) is 5.18.